The van der Waals surface area contributed by atoms with Gasteiger partial charge in [0.05, 0.1) is 25.5 Å². The van der Waals surface area contributed by atoms with E-state index in [-0.39, 0.29) is 43.5 Å². The number of nitrogens with one attached hydrogen (secondary N) is 2. The van der Waals surface area contributed by atoms with Crippen LogP contribution in [0, 0.1) is 0 Å². The van der Waals surface area contributed by atoms with Gasteiger partial charge in [-0.1, -0.05) is 54.6 Å². The van der Waals surface area contributed by atoms with Gasteiger partial charge in [0, 0.05) is 55.8 Å². The first kappa shape index (κ1) is 33.6. The third kappa shape index (κ3) is 7.87. The van der Waals surface area contributed by atoms with Crippen molar-refractivity contribution in [3.05, 3.63) is 95.6 Å². The average molecular weight is 657 g/mol. The molecular formula is C37H44N4O7. The summed E-state index contributed by atoms with van der Waals surface area (Å²) in [4.78, 5) is 41.1. The Balaban J connectivity index is 1.14. The molecule has 1 spiro atoms. The minimum atomic E-state index is -0.864. The van der Waals surface area contributed by atoms with E-state index in [0.29, 0.717) is 51.0 Å². The van der Waals surface area contributed by atoms with E-state index in [9.17, 15) is 19.5 Å². The highest BCUT2D eigenvalue weighted by molar-refractivity contribution is 5.93. The van der Waals surface area contributed by atoms with Crippen molar-refractivity contribution in [3.63, 3.8) is 0 Å². The number of hydrogen-bond acceptors (Lipinski definition) is 8. The maximum atomic E-state index is 13.2. The van der Waals surface area contributed by atoms with Crippen LogP contribution < -0.4 is 15.5 Å². The van der Waals surface area contributed by atoms with Crippen molar-refractivity contribution in [1.82, 2.24) is 10.2 Å². The van der Waals surface area contributed by atoms with Crippen molar-refractivity contribution >= 4 is 29.2 Å². The van der Waals surface area contributed by atoms with Crippen molar-refractivity contribution in [2.75, 3.05) is 36.5 Å². The molecule has 3 heterocycles. The van der Waals surface area contributed by atoms with Crippen LogP contribution in [0.3, 0.4) is 0 Å². The smallest absolute Gasteiger partial charge is 0.303 e. The third-order valence-electron chi connectivity index (χ3n) is 9.65. The number of rotatable bonds is 12. The van der Waals surface area contributed by atoms with Crippen LogP contribution in [0.2, 0.25) is 0 Å². The van der Waals surface area contributed by atoms with Gasteiger partial charge < -0.3 is 40.1 Å². The number of amides is 2. The van der Waals surface area contributed by atoms with E-state index in [0.717, 1.165) is 35.5 Å². The Kier molecular flexibility index (Phi) is 10.7. The number of piperidine rings is 1. The lowest BCUT2D eigenvalue weighted by Gasteiger charge is -2.45. The molecule has 4 N–H and O–H groups in total. The van der Waals surface area contributed by atoms with E-state index in [1.54, 1.807) is 0 Å². The van der Waals surface area contributed by atoms with Crippen LogP contribution >= 0.6 is 0 Å². The molecule has 3 fully saturated rings. The highest BCUT2D eigenvalue weighted by atomic mass is 16.7. The van der Waals surface area contributed by atoms with E-state index >= 15 is 0 Å². The zero-order valence-electron chi connectivity index (χ0n) is 27.1. The minimum absolute atomic E-state index is 0.0333. The van der Waals surface area contributed by atoms with Gasteiger partial charge >= 0.3 is 5.97 Å². The zero-order chi connectivity index (χ0) is 33.5. The van der Waals surface area contributed by atoms with E-state index in [1.807, 2.05) is 66.7 Å². The number of carboxylic acids is 1. The number of unbranched alkanes of at least 4 members (excludes halogenated alkanes) is 1. The second-order valence-corrected chi connectivity index (χ2v) is 12.9. The van der Waals surface area contributed by atoms with Crippen LogP contribution in [0.5, 0.6) is 0 Å². The molecule has 11 heteroatoms. The number of aliphatic hydroxyl groups excluding tert-OH is 1. The van der Waals surface area contributed by atoms with Gasteiger partial charge in [-0.15, -0.1) is 0 Å². The third-order valence-corrected chi connectivity index (χ3v) is 9.65. The number of carbonyl (C=O) groups excluding carboxylic acids is 2. The first-order valence-corrected chi connectivity index (χ1v) is 16.8. The highest BCUT2D eigenvalue weighted by Crippen LogP contribution is 2.40. The SMILES string of the molecule is O=C(O)CCCCC(=O)Nc1cccc(C2OC(CN3CCC4(CC3)C(=O)NCN4c3ccccc3)CC(c3ccc(CO)cc3)O2)c1. The highest BCUT2D eigenvalue weighted by Gasteiger charge is 2.50. The number of carbonyl (C=O) groups is 3. The number of hydrogen-bond donors (Lipinski definition) is 4. The van der Waals surface area contributed by atoms with E-state index in [2.05, 4.69) is 32.6 Å². The quantitative estimate of drug-likeness (QED) is 0.204. The molecule has 6 rings (SSSR count). The van der Waals surface area contributed by atoms with Gasteiger partial charge in [0.25, 0.3) is 0 Å². The van der Waals surface area contributed by atoms with Gasteiger partial charge in [-0.3, -0.25) is 14.4 Å². The van der Waals surface area contributed by atoms with Gasteiger partial charge in [0.2, 0.25) is 11.8 Å². The summed E-state index contributed by atoms with van der Waals surface area (Å²) in [5.41, 5.74) is 3.71. The average Bonchev–Trinajstić information content (AvgIpc) is 3.42. The molecule has 3 unspecified atom stereocenters. The Labute approximate surface area is 280 Å². The summed E-state index contributed by atoms with van der Waals surface area (Å²) in [7, 11) is 0. The second-order valence-electron chi connectivity index (χ2n) is 12.9. The molecular weight excluding hydrogens is 612 g/mol. The predicted molar refractivity (Wildman–Crippen MR) is 180 cm³/mol. The van der Waals surface area contributed by atoms with Gasteiger partial charge in [-0.2, -0.15) is 0 Å². The largest absolute Gasteiger partial charge is 0.481 e. The monoisotopic (exact) mass is 656 g/mol. The molecule has 0 saturated carbocycles. The number of para-hydroxylation sites is 1. The fourth-order valence-electron chi connectivity index (χ4n) is 7.01. The Hall–Kier alpha value is -4.29. The summed E-state index contributed by atoms with van der Waals surface area (Å²) in [5, 5.41) is 24.4. The Bertz CT molecular complexity index is 1560. The predicted octanol–water partition coefficient (Wildman–Crippen LogP) is 4.74. The number of likely N-dealkylation sites (tertiary alicyclic amines) is 1. The number of aliphatic carboxylic acids is 1. The molecule has 2 amide bonds. The van der Waals surface area contributed by atoms with Crippen LogP contribution in [0.25, 0.3) is 0 Å². The molecule has 3 atom stereocenters. The van der Waals surface area contributed by atoms with Crippen LogP contribution in [-0.2, 0) is 30.5 Å². The summed E-state index contributed by atoms with van der Waals surface area (Å²) in [6, 6.07) is 25.3. The molecule has 254 valence electrons. The molecule has 3 aliphatic rings. The molecule has 11 nitrogen and oxygen atoms in total. The summed E-state index contributed by atoms with van der Waals surface area (Å²) in [6.45, 7) is 2.67. The number of aliphatic hydroxyl groups is 1. The molecule has 3 aromatic rings. The minimum Gasteiger partial charge on any atom is -0.481 e. The van der Waals surface area contributed by atoms with Crippen LogP contribution in [-0.4, -0.2) is 70.8 Å². The molecule has 3 aromatic carbocycles. The van der Waals surface area contributed by atoms with Crippen molar-refractivity contribution in [2.45, 2.75) is 75.6 Å². The van der Waals surface area contributed by atoms with Gasteiger partial charge in [-0.05, 0) is 61.1 Å². The molecule has 3 saturated heterocycles. The first-order chi connectivity index (χ1) is 23.3. The van der Waals surface area contributed by atoms with Crippen molar-refractivity contribution < 1.29 is 34.1 Å². The fourth-order valence-corrected chi connectivity index (χ4v) is 7.01. The maximum Gasteiger partial charge on any atom is 0.303 e. The Morgan fingerprint density at radius 3 is 2.40 bits per heavy atom. The molecule has 3 aliphatic heterocycles. The van der Waals surface area contributed by atoms with E-state index in [4.69, 9.17) is 14.6 Å². The van der Waals surface area contributed by atoms with Crippen molar-refractivity contribution in [3.8, 4) is 0 Å². The number of nitrogens with zero attached hydrogens (tertiary/aromatic N) is 2. The Morgan fingerprint density at radius 1 is 0.917 bits per heavy atom. The summed E-state index contributed by atoms with van der Waals surface area (Å²) >= 11 is 0. The number of benzene rings is 3. The first-order valence-electron chi connectivity index (χ1n) is 16.8. The standard InChI is InChI=1S/C37H44N4O7/c42-24-26-13-15-27(16-14-26)32-22-31(23-40-19-17-37(18-20-40)36(46)38-25-41(37)30-9-2-1-3-10-30)47-35(48-32)28-7-6-8-29(21-28)39-33(43)11-4-5-12-34(44)45/h1-3,6-10,13-16,21,31-32,35,42H,4-5,11-12,17-20,22-25H2,(H,38,46)(H,39,43)(H,44,45). The van der Waals surface area contributed by atoms with E-state index in [1.165, 1.54) is 0 Å². The van der Waals surface area contributed by atoms with Gasteiger partial charge in [-0.25, -0.2) is 0 Å². The molecule has 48 heavy (non-hydrogen) atoms. The molecule has 0 aliphatic carbocycles. The lowest BCUT2D eigenvalue weighted by molar-refractivity contribution is -0.253. The molecule has 0 radical (unpaired) electrons. The van der Waals surface area contributed by atoms with Crippen molar-refractivity contribution in [2.24, 2.45) is 0 Å². The number of carboxylic acid groups (broad SMARTS) is 1. The Morgan fingerprint density at radius 2 is 1.67 bits per heavy atom. The molecule has 0 bridgehead atoms. The number of anilines is 2. The van der Waals surface area contributed by atoms with Crippen molar-refractivity contribution in [1.29, 1.82) is 0 Å². The van der Waals surface area contributed by atoms with Crippen LogP contribution in [0.1, 0.15) is 74.0 Å². The molecule has 0 aromatic heterocycles. The number of ether oxygens (including phenoxy) is 2. The normalized spacial score (nSPS) is 22.4. The summed E-state index contributed by atoms with van der Waals surface area (Å²) in [6.07, 6.45) is 2.21. The fraction of sp³-hybridized carbons (Fsp3) is 0.432. The lowest BCUT2D eigenvalue weighted by atomic mass is 9.85. The maximum absolute atomic E-state index is 13.2. The zero-order valence-corrected chi connectivity index (χ0v) is 27.1. The van der Waals surface area contributed by atoms with Crippen LogP contribution in [0.15, 0.2) is 78.9 Å². The second kappa shape index (κ2) is 15.3. The van der Waals surface area contributed by atoms with Gasteiger partial charge in [0.15, 0.2) is 6.29 Å². The van der Waals surface area contributed by atoms with Gasteiger partial charge in [0.1, 0.15) is 5.54 Å². The van der Waals surface area contributed by atoms with E-state index < -0.39 is 17.8 Å². The topological polar surface area (TPSA) is 141 Å². The summed E-state index contributed by atoms with van der Waals surface area (Å²) in [5.74, 6) is -0.948. The summed E-state index contributed by atoms with van der Waals surface area (Å²) < 4.78 is 13.1. The lowest BCUT2D eigenvalue weighted by Crippen LogP contribution is -2.57. The van der Waals surface area contributed by atoms with Crippen LogP contribution in [0.4, 0.5) is 11.4 Å².